The molecule has 3 N–H and O–H groups in total. The number of ether oxygens (including phenoxy) is 1. The van der Waals surface area contributed by atoms with Crippen LogP contribution in [0.3, 0.4) is 0 Å². The van der Waals surface area contributed by atoms with Gasteiger partial charge < -0.3 is 20.3 Å². The SMILES string of the molecule is CCN(CC)CCNCc1ccc(C(=O)Nc2ccc(Br)cc2C(=O)N/N=C/c2cccc(OC)c2)cc1. The van der Waals surface area contributed by atoms with Crippen molar-refractivity contribution in [2.45, 2.75) is 20.4 Å². The molecule has 38 heavy (non-hydrogen) atoms. The summed E-state index contributed by atoms with van der Waals surface area (Å²) in [5.41, 5.74) is 5.56. The van der Waals surface area contributed by atoms with E-state index in [1.54, 1.807) is 43.5 Å². The van der Waals surface area contributed by atoms with E-state index in [4.69, 9.17) is 4.74 Å². The topological polar surface area (TPSA) is 95.1 Å². The number of hydrogen-bond donors (Lipinski definition) is 3. The minimum absolute atomic E-state index is 0.282. The highest BCUT2D eigenvalue weighted by molar-refractivity contribution is 9.10. The number of carbonyl (C=O) groups is 2. The zero-order valence-electron chi connectivity index (χ0n) is 22.0. The highest BCUT2D eigenvalue weighted by atomic mass is 79.9. The molecule has 0 aliphatic carbocycles. The van der Waals surface area contributed by atoms with Crippen LogP contribution in [0, 0.1) is 0 Å². The van der Waals surface area contributed by atoms with E-state index >= 15 is 0 Å². The summed E-state index contributed by atoms with van der Waals surface area (Å²) < 4.78 is 5.90. The first-order valence-corrected chi connectivity index (χ1v) is 13.3. The standard InChI is InChI=1S/C29H34BrN5O3/c1-4-35(5-2)16-15-31-19-21-9-11-23(12-10-21)28(36)33-27-14-13-24(30)18-26(27)29(37)34-32-20-22-7-6-8-25(17-22)38-3/h6-14,17-18,20,31H,4-5,15-16,19H2,1-3H3,(H,33,36)(H,34,37)/b32-20+. The molecule has 0 radical (unpaired) electrons. The predicted molar refractivity (Wildman–Crippen MR) is 156 cm³/mol. The van der Waals surface area contributed by atoms with Gasteiger partial charge in [0, 0.05) is 29.7 Å². The molecule has 3 aromatic carbocycles. The molecule has 0 atom stereocenters. The Balaban J connectivity index is 1.60. The normalized spacial score (nSPS) is 11.1. The van der Waals surface area contributed by atoms with E-state index in [9.17, 15) is 9.59 Å². The number of benzene rings is 3. The first-order chi connectivity index (χ1) is 18.4. The van der Waals surface area contributed by atoms with Crippen LogP contribution < -0.4 is 20.8 Å². The maximum Gasteiger partial charge on any atom is 0.273 e. The van der Waals surface area contributed by atoms with Gasteiger partial charge in [-0.05, 0) is 66.7 Å². The zero-order valence-corrected chi connectivity index (χ0v) is 23.5. The summed E-state index contributed by atoms with van der Waals surface area (Å²) in [5, 5.41) is 10.3. The van der Waals surface area contributed by atoms with Crippen LogP contribution in [0.1, 0.15) is 45.7 Å². The van der Waals surface area contributed by atoms with Gasteiger partial charge in [0.2, 0.25) is 0 Å². The lowest BCUT2D eigenvalue weighted by Crippen LogP contribution is -2.31. The Morgan fingerprint density at radius 1 is 1.00 bits per heavy atom. The number of likely N-dealkylation sites (N-methyl/N-ethyl adjacent to an activating group) is 1. The molecule has 0 saturated carbocycles. The Hall–Kier alpha value is -3.53. The van der Waals surface area contributed by atoms with Crippen molar-refractivity contribution in [3.8, 4) is 5.75 Å². The van der Waals surface area contributed by atoms with E-state index in [0.717, 1.165) is 43.9 Å². The van der Waals surface area contributed by atoms with E-state index in [2.05, 4.69) is 55.8 Å². The van der Waals surface area contributed by atoms with Crippen LogP contribution in [-0.4, -0.2) is 56.2 Å². The fraction of sp³-hybridized carbons (Fsp3) is 0.276. The van der Waals surface area contributed by atoms with Gasteiger partial charge >= 0.3 is 0 Å². The van der Waals surface area contributed by atoms with Gasteiger partial charge in [-0.3, -0.25) is 9.59 Å². The molecule has 0 spiro atoms. The van der Waals surface area contributed by atoms with E-state index in [1.807, 2.05) is 30.3 Å². The molecule has 0 unspecified atom stereocenters. The largest absolute Gasteiger partial charge is 0.497 e. The van der Waals surface area contributed by atoms with Gasteiger partial charge in [-0.15, -0.1) is 0 Å². The molecule has 0 aromatic heterocycles. The second-order valence-corrected chi connectivity index (χ2v) is 9.44. The summed E-state index contributed by atoms with van der Waals surface area (Å²) in [4.78, 5) is 28.2. The van der Waals surface area contributed by atoms with Crippen LogP contribution >= 0.6 is 15.9 Å². The van der Waals surface area contributed by atoms with Crippen LogP contribution in [0.15, 0.2) is 76.3 Å². The van der Waals surface area contributed by atoms with Gasteiger partial charge in [-0.25, -0.2) is 5.43 Å². The number of hydrogen-bond acceptors (Lipinski definition) is 6. The average Bonchev–Trinajstić information content (AvgIpc) is 2.94. The summed E-state index contributed by atoms with van der Waals surface area (Å²) >= 11 is 3.39. The Labute approximate surface area is 232 Å². The van der Waals surface area contributed by atoms with Crippen molar-refractivity contribution in [3.63, 3.8) is 0 Å². The summed E-state index contributed by atoms with van der Waals surface area (Å²) in [6, 6.07) is 19.8. The molecule has 0 aliphatic rings. The number of nitrogens with zero attached hydrogens (tertiary/aromatic N) is 2. The molecular formula is C29H34BrN5O3. The fourth-order valence-electron chi connectivity index (χ4n) is 3.74. The number of methoxy groups -OCH3 is 1. The number of nitrogens with one attached hydrogen (secondary N) is 3. The number of hydrazone groups is 1. The van der Waals surface area contributed by atoms with E-state index in [-0.39, 0.29) is 11.5 Å². The van der Waals surface area contributed by atoms with Gasteiger partial charge in [-0.1, -0.05) is 54.0 Å². The number of amides is 2. The minimum atomic E-state index is -0.452. The third kappa shape index (κ3) is 8.79. The fourth-order valence-corrected chi connectivity index (χ4v) is 4.10. The highest BCUT2D eigenvalue weighted by Crippen LogP contribution is 2.22. The van der Waals surface area contributed by atoms with Crippen molar-refractivity contribution < 1.29 is 14.3 Å². The lowest BCUT2D eigenvalue weighted by molar-refractivity contribution is 0.0956. The van der Waals surface area contributed by atoms with Gasteiger partial charge in [-0.2, -0.15) is 5.10 Å². The Kier molecular flexibility index (Phi) is 11.5. The molecule has 0 saturated heterocycles. The summed E-state index contributed by atoms with van der Waals surface area (Å²) in [5.74, 6) is -0.0639. The number of rotatable bonds is 13. The average molecular weight is 581 g/mol. The Morgan fingerprint density at radius 2 is 1.76 bits per heavy atom. The van der Waals surface area contributed by atoms with Gasteiger partial charge in [0.25, 0.3) is 11.8 Å². The molecule has 3 aromatic rings. The quantitative estimate of drug-likeness (QED) is 0.152. The molecule has 0 bridgehead atoms. The maximum absolute atomic E-state index is 12.9. The van der Waals surface area contributed by atoms with Gasteiger partial charge in [0.15, 0.2) is 0 Å². The van der Waals surface area contributed by atoms with Crippen LogP contribution in [0.2, 0.25) is 0 Å². The van der Waals surface area contributed by atoms with E-state index in [1.165, 1.54) is 6.21 Å². The number of halogens is 1. The summed E-state index contributed by atoms with van der Waals surface area (Å²) in [7, 11) is 1.59. The molecule has 200 valence electrons. The van der Waals surface area contributed by atoms with Gasteiger partial charge in [0.1, 0.15) is 5.75 Å². The van der Waals surface area contributed by atoms with E-state index in [0.29, 0.717) is 21.5 Å². The first kappa shape index (κ1) is 29.0. The van der Waals surface area contributed by atoms with Crippen LogP contribution in [-0.2, 0) is 6.54 Å². The molecular weight excluding hydrogens is 546 g/mol. The van der Waals surface area contributed by atoms with E-state index < -0.39 is 5.91 Å². The minimum Gasteiger partial charge on any atom is -0.497 e. The van der Waals surface area contributed by atoms with Crippen molar-refractivity contribution in [1.29, 1.82) is 0 Å². The predicted octanol–water partition coefficient (Wildman–Crippen LogP) is 4.91. The Bertz CT molecular complexity index is 1240. The third-order valence-electron chi connectivity index (χ3n) is 5.99. The highest BCUT2D eigenvalue weighted by Gasteiger charge is 2.15. The van der Waals surface area contributed by atoms with Crippen molar-refractivity contribution in [3.05, 3.63) is 93.5 Å². The summed E-state index contributed by atoms with van der Waals surface area (Å²) in [6.07, 6.45) is 1.52. The molecule has 2 amide bonds. The zero-order chi connectivity index (χ0) is 27.3. The first-order valence-electron chi connectivity index (χ1n) is 12.5. The molecule has 9 heteroatoms. The van der Waals surface area contributed by atoms with Crippen LogP contribution in [0.4, 0.5) is 5.69 Å². The van der Waals surface area contributed by atoms with Gasteiger partial charge in [0.05, 0.1) is 24.6 Å². The second kappa shape index (κ2) is 15.0. The third-order valence-corrected chi connectivity index (χ3v) is 6.49. The summed E-state index contributed by atoms with van der Waals surface area (Å²) in [6.45, 7) is 9.05. The lowest BCUT2D eigenvalue weighted by atomic mass is 10.1. The number of carbonyl (C=O) groups excluding carboxylic acids is 2. The molecule has 0 fully saturated rings. The molecule has 8 nitrogen and oxygen atoms in total. The lowest BCUT2D eigenvalue weighted by Gasteiger charge is -2.18. The van der Waals surface area contributed by atoms with Crippen molar-refractivity contribution in [2.24, 2.45) is 5.10 Å². The maximum atomic E-state index is 12.9. The molecule has 3 rings (SSSR count). The molecule has 0 aliphatic heterocycles. The molecule has 0 heterocycles. The second-order valence-electron chi connectivity index (χ2n) is 8.52. The monoisotopic (exact) mass is 579 g/mol. The number of anilines is 1. The van der Waals surface area contributed by atoms with Crippen molar-refractivity contribution in [1.82, 2.24) is 15.6 Å². The van der Waals surface area contributed by atoms with Crippen LogP contribution in [0.5, 0.6) is 5.75 Å². The smallest absolute Gasteiger partial charge is 0.273 e. The van der Waals surface area contributed by atoms with Crippen molar-refractivity contribution >= 4 is 39.6 Å². The van der Waals surface area contributed by atoms with Crippen molar-refractivity contribution in [2.75, 3.05) is 38.6 Å². The van der Waals surface area contributed by atoms with Crippen LogP contribution in [0.25, 0.3) is 0 Å². The Morgan fingerprint density at radius 3 is 2.47 bits per heavy atom.